The van der Waals surface area contributed by atoms with E-state index >= 15 is 0 Å². The molecule has 29 heavy (non-hydrogen) atoms. The molecule has 0 atom stereocenters. The summed E-state index contributed by atoms with van der Waals surface area (Å²) in [5.41, 5.74) is 10.3. The van der Waals surface area contributed by atoms with E-state index in [2.05, 4.69) is 40.0 Å². The van der Waals surface area contributed by atoms with Gasteiger partial charge in [0, 0.05) is 18.7 Å². The van der Waals surface area contributed by atoms with E-state index in [-0.39, 0.29) is 12.5 Å². The molecule has 2 rings (SSSR count). The van der Waals surface area contributed by atoms with Crippen LogP contribution in [0, 0.1) is 0 Å². The van der Waals surface area contributed by atoms with Crippen LogP contribution in [0.2, 0.25) is 0 Å². The van der Waals surface area contributed by atoms with Gasteiger partial charge in [0.15, 0.2) is 5.82 Å². The molecular weight excluding hydrogens is 390 g/mol. The Morgan fingerprint density at radius 3 is 2.66 bits per heavy atom. The Balaban J connectivity index is 2.15. The largest absolute Gasteiger partial charge is 0.382 e. The summed E-state index contributed by atoms with van der Waals surface area (Å²) in [4.78, 5) is 9.16. The van der Waals surface area contributed by atoms with Crippen LogP contribution in [-0.2, 0) is 27.7 Å². The van der Waals surface area contributed by atoms with Gasteiger partial charge < -0.3 is 15.0 Å². The number of pyridine rings is 1. The molecule has 0 saturated carbocycles. The lowest BCUT2D eigenvalue weighted by molar-refractivity contribution is 0.132. The monoisotopic (exact) mass is 425 g/mol. The molecule has 0 aromatic carbocycles. The molecule has 2 heterocycles. The van der Waals surface area contributed by atoms with Crippen molar-refractivity contribution in [3.8, 4) is 0 Å². The number of imidazole rings is 1. The highest BCUT2D eigenvalue weighted by atomic mass is 32.2. The van der Waals surface area contributed by atoms with Gasteiger partial charge in [0.2, 0.25) is 10.0 Å². The zero-order valence-corrected chi connectivity index (χ0v) is 18.9. The van der Waals surface area contributed by atoms with Crippen LogP contribution in [-0.4, -0.2) is 49.0 Å². The highest BCUT2D eigenvalue weighted by Crippen LogP contribution is 2.30. The van der Waals surface area contributed by atoms with Gasteiger partial charge >= 0.3 is 0 Å². The van der Waals surface area contributed by atoms with Crippen molar-refractivity contribution in [3.05, 3.63) is 17.6 Å². The van der Waals surface area contributed by atoms with Gasteiger partial charge in [-0.3, -0.25) is 0 Å². The van der Waals surface area contributed by atoms with Crippen molar-refractivity contribution in [3.63, 3.8) is 0 Å². The van der Waals surface area contributed by atoms with E-state index in [0.717, 1.165) is 35.8 Å². The zero-order valence-electron chi connectivity index (χ0n) is 18.1. The van der Waals surface area contributed by atoms with Crippen LogP contribution in [0.3, 0.4) is 0 Å². The van der Waals surface area contributed by atoms with Crippen molar-refractivity contribution >= 4 is 26.9 Å². The van der Waals surface area contributed by atoms with Crippen LogP contribution in [0.15, 0.2) is 6.33 Å². The second kappa shape index (κ2) is 10.9. The second-order valence-electron chi connectivity index (χ2n) is 7.74. The predicted molar refractivity (Wildman–Crippen MR) is 118 cm³/mol. The smallest absolute Gasteiger partial charge is 0.208 e. The molecule has 0 aliphatic carbocycles. The standard InChI is InChI=1S/C20H35N5O3S/c1-5-6-7-8-9-16-17(15(2)3)24-20(21)18-19(16)25(14-22-18)11-13-28-12-10-23-29(4,26)27/h14-15,23H,5-13H2,1-4H3,(H2,21,24). The number of nitrogens with one attached hydrogen (secondary N) is 1. The number of rotatable bonds is 13. The molecule has 0 radical (unpaired) electrons. The minimum absolute atomic E-state index is 0.264. The van der Waals surface area contributed by atoms with Gasteiger partial charge in [-0.25, -0.2) is 23.1 Å². The molecule has 0 aliphatic rings. The Morgan fingerprint density at radius 1 is 1.24 bits per heavy atom. The maximum atomic E-state index is 11.1. The Hall–Kier alpha value is -1.71. The number of unbranched alkanes of at least 4 members (excludes halogenated alkanes) is 3. The number of fused-ring (bicyclic) bond motifs is 1. The lowest BCUT2D eigenvalue weighted by Gasteiger charge is -2.16. The molecule has 164 valence electrons. The number of ether oxygens (including phenoxy) is 1. The first-order valence-corrected chi connectivity index (χ1v) is 12.3. The number of nitrogens with zero attached hydrogens (tertiary/aromatic N) is 3. The van der Waals surface area contributed by atoms with Gasteiger partial charge in [-0.05, 0) is 18.8 Å². The molecule has 0 unspecified atom stereocenters. The Kier molecular flexibility index (Phi) is 8.85. The number of anilines is 1. The van der Waals surface area contributed by atoms with Gasteiger partial charge in [-0.15, -0.1) is 0 Å². The fourth-order valence-corrected chi connectivity index (χ4v) is 3.90. The van der Waals surface area contributed by atoms with E-state index in [1.807, 2.05) is 0 Å². The van der Waals surface area contributed by atoms with Gasteiger partial charge in [-0.2, -0.15) is 0 Å². The second-order valence-corrected chi connectivity index (χ2v) is 9.57. The maximum Gasteiger partial charge on any atom is 0.208 e. The van der Waals surface area contributed by atoms with Crippen LogP contribution in [0.25, 0.3) is 11.0 Å². The summed E-state index contributed by atoms with van der Waals surface area (Å²) in [5.74, 6) is 0.752. The summed E-state index contributed by atoms with van der Waals surface area (Å²) in [6.07, 6.45) is 8.64. The third-order valence-corrected chi connectivity index (χ3v) is 5.56. The molecule has 9 heteroatoms. The van der Waals surface area contributed by atoms with E-state index in [1.165, 1.54) is 24.8 Å². The minimum atomic E-state index is -3.19. The molecule has 0 saturated heterocycles. The van der Waals surface area contributed by atoms with Crippen molar-refractivity contribution in [2.45, 2.75) is 65.3 Å². The van der Waals surface area contributed by atoms with Gasteiger partial charge in [0.1, 0.15) is 5.52 Å². The molecule has 0 bridgehead atoms. The van der Waals surface area contributed by atoms with Crippen molar-refractivity contribution in [2.75, 3.05) is 31.7 Å². The van der Waals surface area contributed by atoms with Gasteiger partial charge in [0.05, 0.1) is 37.0 Å². The lowest BCUT2D eigenvalue weighted by Crippen LogP contribution is -2.26. The van der Waals surface area contributed by atoms with Crippen molar-refractivity contribution in [1.82, 2.24) is 19.3 Å². The fraction of sp³-hybridized carbons (Fsp3) is 0.700. The zero-order chi connectivity index (χ0) is 21.4. The first kappa shape index (κ1) is 23.6. The Labute approximate surface area is 174 Å². The predicted octanol–water partition coefficient (Wildman–Crippen LogP) is 2.83. The van der Waals surface area contributed by atoms with Gasteiger partial charge in [-0.1, -0.05) is 40.0 Å². The molecule has 8 nitrogen and oxygen atoms in total. The molecule has 0 amide bonds. The number of aryl methyl sites for hydroxylation is 1. The highest BCUT2D eigenvalue weighted by molar-refractivity contribution is 7.88. The summed E-state index contributed by atoms with van der Waals surface area (Å²) >= 11 is 0. The van der Waals surface area contributed by atoms with Crippen molar-refractivity contribution in [1.29, 1.82) is 0 Å². The number of sulfonamides is 1. The Bertz CT molecular complexity index is 893. The van der Waals surface area contributed by atoms with Crippen LogP contribution in [0.4, 0.5) is 5.82 Å². The molecule has 0 aliphatic heterocycles. The minimum Gasteiger partial charge on any atom is -0.382 e. The molecule has 0 spiro atoms. The molecule has 0 fully saturated rings. The lowest BCUT2D eigenvalue weighted by atomic mass is 9.97. The first-order valence-electron chi connectivity index (χ1n) is 10.4. The van der Waals surface area contributed by atoms with Crippen LogP contribution in [0.1, 0.15) is 63.6 Å². The number of nitrogen functional groups attached to an aromatic ring is 1. The van der Waals surface area contributed by atoms with Gasteiger partial charge in [0.25, 0.3) is 0 Å². The van der Waals surface area contributed by atoms with E-state index in [4.69, 9.17) is 10.5 Å². The van der Waals surface area contributed by atoms with Crippen LogP contribution >= 0.6 is 0 Å². The molecule has 2 aromatic heterocycles. The number of nitrogens with two attached hydrogens (primary N) is 1. The average molecular weight is 426 g/mol. The van der Waals surface area contributed by atoms with E-state index in [9.17, 15) is 8.42 Å². The molecule has 2 aromatic rings. The summed E-state index contributed by atoms with van der Waals surface area (Å²) in [6, 6.07) is 0. The summed E-state index contributed by atoms with van der Waals surface area (Å²) in [7, 11) is -3.19. The summed E-state index contributed by atoms with van der Waals surface area (Å²) in [5, 5.41) is 0. The van der Waals surface area contributed by atoms with Crippen LogP contribution < -0.4 is 10.5 Å². The van der Waals surface area contributed by atoms with E-state index in [0.29, 0.717) is 25.6 Å². The molecule has 3 N–H and O–H groups in total. The summed E-state index contributed by atoms with van der Waals surface area (Å²) < 4.78 is 32.3. The highest BCUT2D eigenvalue weighted by Gasteiger charge is 2.19. The molecular formula is C20H35N5O3S. The van der Waals surface area contributed by atoms with Crippen molar-refractivity contribution in [2.24, 2.45) is 0 Å². The van der Waals surface area contributed by atoms with Crippen LogP contribution in [0.5, 0.6) is 0 Å². The van der Waals surface area contributed by atoms with E-state index in [1.54, 1.807) is 6.33 Å². The SMILES string of the molecule is CCCCCCc1c(C(C)C)nc(N)c2ncn(CCOCCNS(C)(=O)=O)c12. The third kappa shape index (κ3) is 6.94. The number of hydrogen-bond acceptors (Lipinski definition) is 6. The quantitative estimate of drug-likeness (QED) is 0.477. The topological polar surface area (TPSA) is 112 Å². The number of aromatic nitrogens is 3. The fourth-order valence-electron chi connectivity index (χ4n) is 3.44. The number of hydrogen-bond donors (Lipinski definition) is 2. The summed E-state index contributed by atoms with van der Waals surface area (Å²) in [6.45, 7) is 8.17. The maximum absolute atomic E-state index is 11.1. The van der Waals surface area contributed by atoms with E-state index < -0.39 is 10.0 Å². The first-order chi connectivity index (χ1) is 13.7. The normalized spacial score (nSPS) is 12.3. The third-order valence-electron chi connectivity index (χ3n) is 4.83. The Morgan fingerprint density at radius 2 is 2.00 bits per heavy atom. The van der Waals surface area contributed by atoms with Crippen molar-refractivity contribution < 1.29 is 13.2 Å². The average Bonchev–Trinajstić information content (AvgIpc) is 3.06.